The highest BCUT2D eigenvalue weighted by Crippen LogP contribution is 2.04. The van der Waals surface area contributed by atoms with Crippen LogP contribution in [0.2, 0.25) is 0 Å². The van der Waals surface area contributed by atoms with E-state index < -0.39 is 5.69 Å². The molecule has 0 spiro atoms. The summed E-state index contributed by atoms with van der Waals surface area (Å²) in [5.41, 5.74) is 0.550. The number of rotatable bonds is 4. The molecule has 0 aliphatic heterocycles. The molecule has 0 saturated carbocycles. The highest BCUT2D eigenvalue weighted by molar-refractivity contribution is 5.91. The van der Waals surface area contributed by atoms with Crippen molar-refractivity contribution in [3.8, 4) is 0 Å². The van der Waals surface area contributed by atoms with Crippen molar-refractivity contribution in [2.24, 2.45) is 0 Å². The van der Waals surface area contributed by atoms with Crippen molar-refractivity contribution >= 4 is 12.0 Å². The summed E-state index contributed by atoms with van der Waals surface area (Å²) in [4.78, 5) is 25.1. The Hall–Kier alpha value is -2.63. The summed E-state index contributed by atoms with van der Waals surface area (Å²) in [5, 5.41) is 8.71. The van der Waals surface area contributed by atoms with Crippen molar-refractivity contribution in [2.75, 3.05) is 0 Å². The third-order valence-electron chi connectivity index (χ3n) is 2.52. The van der Waals surface area contributed by atoms with Crippen LogP contribution in [0, 0.1) is 0 Å². The standard InChI is InChI=1S/C13H14N4O2/c1-9(12-15-13(19)17-16-12)14-11(18)8-7-10-5-3-2-4-6-10/h2-9H,1H3,(H,14,18)(H2,15,16,17,19)/b8-7+/t9-/m0/s1. The van der Waals surface area contributed by atoms with Gasteiger partial charge in [-0.3, -0.25) is 9.78 Å². The predicted molar refractivity (Wildman–Crippen MR) is 71.2 cm³/mol. The van der Waals surface area contributed by atoms with Gasteiger partial charge in [-0.25, -0.2) is 9.89 Å². The number of nitrogens with zero attached hydrogens (tertiary/aromatic N) is 1. The number of H-pyrrole nitrogens is 2. The lowest BCUT2D eigenvalue weighted by Crippen LogP contribution is -2.25. The Balaban J connectivity index is 1.94. The number of hydrogen-bond acceptors (Lipinski definition) is 3. The first-order valence-corrected chi connectivity index (χ1v) is 5.83. The summed E-state index contributed by atoms with van der Waals surface area (Å²) in [6.07, 6.45) is 3.16. The average Bonchev–Trinajstić information content (AvgIpc) is 2.84. The highest BCUT2D eigenvalue weighted by atomic mass is 16.2. The molecule has 98 valence electrons. The Labute approximate surface area is 109 Å². The molecule has 19 heavy (non-hydrogen) atoms. The van der Waals surface area contributed by atoms with Gasteiger partial charge in [-0.15, -0.1) is 0 Å². The van der Waals surface area contributed by atoms with Crippen molar-refractivity contribution in [3.05, 3.63) is 58.3 Å². The second-order valence-corrected chi connectivity index (χ2v) is 4.04. The molecule has 0 bridgehead atoms. The molecule has 1 heterocycles. The minimum atomic E-state index is -0.393. The quantitative estimate of drug-likeness (QED) is 0.714. The van der Waals surface area contributed by atoms with E-state index in [1.54, 1.807) is 13.0 Å². The Kier molecular flexibility index (Phi) is 3.92. The number of carbonyl (C=O) groups excluding carboxylic acids is 1. The number of amides is 1. The molecule has 0 unspecified atom stereocenters. The number of nitrogens with one attached hydrogen (secondary N) is 3. The Morgan fingerprint density at radius 3 is 2.74 bits per heavy atom. The van der Waals surface area contributed by atoms with Gasteiger partial charge in [0.25, 0.3) is 0 Å². The van der Waals surface area contributed by atoms with Crippen molar-refractivity contribution in [2.45, 2.75) is 13.0 Å². The van der Waals surface area contributed by atoms with Crippen LogP contribution in [-0.4, -0.2) is 21.1 Å². The summed E-state index contributed by atoms with van der Waals surface area (Å²) < 4.78 is 0. The summed E-state index contributed by atoms with van der Waals surface area (Å²) in [6, 6.07) is 9.14. The fourth-order valence-corrected chi connectivity index (χ4v) is 1.55. The topological polar surface area (TPSA) is 90.6 Å². The first-order chi connectivity index (χ1) is 9.15. The van der Waals surface area contributed by atoms with E-state index in [1.165, 1.54) is 6.08 Å². The second kappa shape index (κ2) is 5.81. The van der Waals surface area contributed by atoms with Crippen molar-refractivity contribution < 1.29 is 4.79 Å². The zero-order valence-corrected chi connectivity index (χ0v) is 10.4. The monoisotopic (exact) mass is 258 g/mol. The molecular formula is C13H14N4O2. The van der Waals surface area contributed by atoms with Crippen molar-refractivity contribution in [1.82, 2.24) is 20.5 Å². The van der Waals surface area contributed by atoms with E-state index >= 15 is 0 Å². The van der Waals surface area contributed by atoms with Crippen LogP contribution in [0.1, 0.15) is 24.4 Å². The number of hydrogen-bond donors (Lipinski definition) is 3. The number of aromatic nitrogens is 3. The molecule has 0 aliphatic rings. The van der Waals surface area contributed by atoms with Gasteiger partial charge in [-0.05, 0) is 18.6 Å². The van der Waals surface area contributed by atoms with Gasteiger partial charge in [0.1, 0.15) is 0 Å². The fourth-order valence-electron chi connectivity index (χ4n) is 1.55. The molecule has 0 radical (unpaired) electrons. The first kappa shape index (κ1) is 12.8. The predicted octanol–water partition coefficient (Wildman–Crippen LogP) is 0.989. The van der Waals surface area contributed by atoms with E-state index in [4.69, 9.17) is 0 Å². The van der Waals surface area contributed by atoms with E-state index in [-0.39, 0.29) is 11.9 Å². The van der Waals surface area contributed by atoms with E-state index in [2.05, 4.69) is 20.5 Å². The average molecular weight is 258 g/mol. The van der Waals surface area contributed by atoms with E-state index in [9.17, 15) is 9.59 Å². The molecule has 2 aromatic rings. The second-order valence-electron chi connectivity index (χ2n) is 4.04. The van der Waals surface area contributed by atoms with Crippen LogP contribution < -0.4 is 11.0 Å². The molecule has 3 N–H and O–H groups in total. The first-order valence-electron chi connectivity index (χ1n) is 5.83. The summed E-state index contributed by atoms with van der Waals surface area (Å²) in [7, 11) is 0. The third kappa shape index (κ3) is 3.67. The molecule has 0 saturated heterocycles. The molecule has 0 aliphatic carbocycles. The van der Waals surface area contributed by atoms with Gasteiger partial charge in [-0.2, -0.15) is 5.10 Å². The molecule has 1 aromatic heterocycles. The molecule has 6 heteroatoms. The van der Waals surface area contributed by atoms with Gasteiger partial charge in [0.05, 0.1) is 6.04 Å². The highest BCUT2D eigenvalue weighted by Gasteiger charge is 2.10. The van der Waals surface area contributed by atoms with Gasteiger partial charge in [0.15, 0.2) is 5.82 Å². The van der Waals surface area contributed by atoms with E-state index in [1.807, 2.05) is 30.3 Å². The van der Waals surface area contributed by atoms with Crippen LogP contribution >= 0.6 is 0 Å². The molecule has 6 nitrogen and oxygen atoms in total. The molecule has 1 atom stereocenters. The lowest BCUT2D eigenvalue weighted by Gasteiger charge is -2.08. The lowest BCUT2D eigenvalue weighted by molar-refractivity contribution is -0.117. The zero-order valence-electron chi connectivity index (χ0n) is 10.4. The lowest BCUT2D eigenvalue weighted by atomic mass is 10.2. The molecule has 1 amide bonds. The number of benzene rings is 1. The Morgan fingerprint density at radius 2 is 2.11 bits per heavy atom. The summed E-state index contributed by atoms with van der Waals surface area (Å²) >= 11 is 0. The largest absolute Gasteiger partial charge is 0.343 e. The maximum atomic E-state index is 11.7. The summed E-state index contributed by atoms with van der Waals surface area (Å²) in [6.45, 7) is 1.74. The van der Waals surface area contributed by atoms with Gasteiger partial charge in [0, 0.05) is 6.08 Å². The van der Waals surface area contributed by atoms with Gasteiger partial charge in [-0.1, -0.05) is 30.3 Å². The Bertz CT molecular complexity index is 627. The van der Waals surface area contributed by atoms with Crippen LogP contribution in [0.4, 0.5) is 0 Å². The van der Waals surface area contributed by atoms with Gasteiger partial charge in [0.2, 0.25) is 5.91 Å². The zero-order chi connectivity index (χ0) is 13.7. The smallest absolute Gasteiger partial charge is 0.340 e. The van der Waals surface area contributed by atoms with Gasteiger partial charge >= 0.3 is 5.69 Å². The van der Waals surface area contributed by atoms with Crippen LogP contribution in [0.5, 0.6) is 0 Å². The summed E-state index contributed by atoms with van der Waals surface area (Å²) in [5.74, 6) is 0.145. The molecule has 0 fully saturated rings. The maximum absolute atomic E-state index is 11.7. The third-order valence-corrected chi connectivity index (χ3v) is 2.52. The van der Waals surface area contributed by atoms with E-state index in [0.717, 1.165) is 5.56 Å². The van der Waals surface area contributed by atoms with Crippen LogP contribution in [-0.2, 0) is 4.79 Å². The number of aromatic amines is 2. The van der Waals surface area contributed by atoms with Crippen molar-refractivity contribution in [3.63, 3.8) is 0 Å². The van der Waals surface area contributed by atoms with Crippen LogP contribution in [0.3, 0.4) is 0 Å². The molecule has 1 aromatic carbocycles. The fraction of sp³-hybridized carbons (Fsp3) is 0.154. The normalized spacial score (nSPS) is 12.5. The minimum Gasteiger partial charge on any atom is -0.343 e. The van der Waals surface area contributed by atoms with Crippen molar-refractivity contribution in [1.29, 1.82) is 0 Å². The maximum Gasteiger partial charge on any atom is 0.340 e. The minimum absolute atomic E-state index is 0.250. The number of carbonyl (C=O) groups is 1. The molecule has 2 rings (SSSR count). The SMILES string of the molecule is C[C@H](NC(=O)/C=C/c1ccccc1)c1n[nH]c(=O)[nH]1. The van der Waals surface area contributed by atoms with Gasteiger partial charge < -0.3 is 5.32 Å². The van der Waals surface area contributed by atoms with Crippen LogP contribution in [0.25, 0.3) is 6.08 Å². The molecular weight excluding hydrogens is 244 g/mol. The van der Waals surface area contributed by atoms with Crippen LogP contribution in [0.15, 0.2) is 41.2 Å². The Morgan fingerprint density at radius 1 is 1.37 bits per heavy atom. The van der Waals surface area contributed by atoms with E-state index in [0.29, 0.717) is 5.82 Å².